The van der Waals surface area contributed by atoms with Gasteiger partial charge in [0.05, 0.1) is 14.2 Å². The van der Waals surface area contributed by atoms with Gasteiger partial charge in [-0.05, 0) is 25.2 Å². The number of aryl methyl sites for hydroxylation is 1. The Hall–Kier alpha value is -1.20. The summed E-state index contributed by atoms with van der Waals surface area (Å²) in [5, 5.41) is 0. The van der Waals surface area contributed by atoms with E-state index >= 15 is 0 Å². The van der Waals surface area contributed by atoms with Crippen LogP contribution in [0.25, 0.3) is 0 Å². The Morgan fingerprint density at radius 2 is 2.16 bits per heavy atom. The van der Waals surface area contributed by atoms with Crippen molar-refractivity contribution in [2.75, 3.05) is 20.0 Å². The van der Waals surface area contributed by atoms with Crippen LogP contribution in [0.2, 0.25) is 0 Å². The maximum absolute atomic E-state index is 11.1. The first-order chi connectivity index (χ1) is 9.08. The third-order valence-corrected chi connectivity index (χ3v) is 3.81. The van der Waals surface area contributed by atoms with Crippen molar-refractivity contribution in [1.82, 2.24) is 0 Å². The second kappa shape index (κ2) is 8.07. The van der Waals surface area contributed by atoms with Crippen molar-refractivity contribution in [2.45, 2.75) is 25.1 Å². The van der Waals surface area contributed by atoms with Crippen molar-refractivity contribution in [2.24, 2.45) is 5.73 Å². The van der Waals surface area contributed by atoms with Crippen molar-refractivity contribution in [3.05, 3.63) is 29.3 Å². The van der Waals surface area contributed by atoms with Crippen LogP contribution >= 0.6 is 11.8 Å². The lowest BCUT2D eigenvalue weighted by atomic mass is 10.1. The van der Waals surface area contributed by atoms with E-state index in [0.717, 1.165) is 17.3 Å². The number of carbonyl (C=O) groups is 1. The number of benzene rings is 1. The average molecular weight is 283 g/mol. The zero-order valence-corrected chi connectivity index (χ0v) is 12.5. The first kappa shape index (κ1) is 15.9. The molecule has 1 aromatic rings. The lowest BCUT2D eigenvalue weighted by molar-refractivity contribution is -0.142. The number of ether oxygens (including phenoxy) is 2. The van der Waals surface area contributed by atoms with Crippen LogP contribution in [0.15, 0.2) is 18.2 Å². The summed E-state index contributed by atoms with van der Waals surface area (Å²) in [6, 6.07) is 5.59. The molecule has 1 aromatic carbocycles. The highest BCUT2D eigenvalue weighted by atomic mass is 32.2. The Kier molecular flexibility index (Phi) is 6.73. The summed E-state index contributed by atoms with van der Waals surface area (Å²) in [5.74, 6) is 2.20. The number of nitrogens with two attached hydrogens (primary N) is 1. The van der Waals surface area contributed by atoms with Gasteiger partial charge in [0.15, 0.2) is 0 Å². The smallest absolute Gasteiger partial charge is 0.322 e. The van der Waals surface area contributed by atoms with Crippen molar-refractivity contribution < 1.29 is 14.3 Å². The molecule has 0 saturated heterocycles. The molecule has 0 aliphatic carbocycles. The standard InChI is InChI=1S/C14H21NO3S/c1-10-4-5-13(17-2)11(8-10)9-19-7-6-12(15)14(16)18-3/h4-5,8,12H,6-7,9,15H2,1-3H3. The molecule has 2 N–H and O–H groups in total. The van der Waals surface area contributed by atoms with Gasteiger partial charge in [-0.1, -0.05) is 17.7 Å². The molecule has 0 amide bonds. The molecule has 19 heavy (non-hydrogen) atoms. The van der Waals surface area contributed by atoms with E-state index in [1.807, 2.05) is 12.1 Å². The summed E-state index contributed by atoms with van der Waals surface area (Å²) in [6.45, 7) is 2.06. The first-order valence-electron chi connectivity index (χ1n) is 6.13. The lowest BCUT2D eigenvalue weighted by Crippen LogP contribution is -2.31. The zero-order chi connectivity index (χ0) is 14.3. The Morgan fingerprint density at radius 3 is 2.79 bits per heavy atom. The summed E-state index contributed by atoms with van der Waals surface area (Å²) in [6.07, 6.45) is 0.617. The summed E-state index contributed by atoms with van der Waals surface area (Å²) in [5.41, 5.74) is 8.05. The molecule has 0 fully saturated rings. The molecule has 106 valence electrons. The van der Waals surface area contributed by atoms with Gasteiger partial charge < -0.3 is 15.2 Å². The molecule has 0 bridgehead atoms. The van der Waals surface area contributed by atoms with Crippen LogP contribution in [0.1, 0.15) is 17.5 Å². The van der Waals surface area contributed by atoms with Gasteiger partial charge >= 0.3 is 5.97 Å². The highest BCUT2D eigenvalue weighted by Gasteiger charge is 2.13. The molecule has 5 heteroatoms. The fraction of sp³-hybridized carbons (Fsp3) is 0.500. The molecule has 0 radical (unpaired) electrons. The van der Waals surface area contributed by atoms with Crippen LogP contribution in [0, 0.1) is 6.92 Å². The van der Waals surface area contributed by atoms with E-state index in [0.29, 0.717) is 6.42 Å². The Balaban J connectivity index is 2.41. The second-order valence-corrected chi connectivity index (χ2v) is 5.39. The zero-order valence-electron chi connectivity index (χ0n) is 11.6. The van der Waals surface area contributed by atoms with E-state index in [1.54, 1.807) is 18.9 Å². The van der Waals surface area contributed by atoms with E-state index in [4.69, 9.17) is 10.5 Å². The van der Waals surface area contributed by atoms with E-state index in [2.05, 4.69) is 17.7 Å². The van der Waals surface area contributed by atoms with Crippen LogP contribution in [-0.4, -0.2) is 32.0 Å². The highest BCUT2D eigenvalue weighted by Crippen LogP contribution is 2.24. The van der Waals surface area contributed by atoms with Crippen LogP contribution < -0.4 is 10.5 Å². The predicted molar refractivity (Wildman–Crippen MR) is 78.5 cm³/mol. The van der Waals surface area contributed by atoms with Gasteiger partial charge in [0.25, 0.3) is 0 Å². The topological polar surface area (TPSA) is 61.5 Å². The third kappa shape index (κ3) is 5.12. The second-order valence-electron chi connectivity index (χ2n) is 4.29. The number of hydrogen-bond acceptors (Lipinski definition) is 5. The van der Waals surface area contributed by atoms with Gasteiger partial charge in [0.2, 0.25) is 0 Å². The maximum atomic E-state index is 11.1. The van der Waals surface area contributed by atoms with Gasteiger partial charge in [-0.15, -0.1) is 0 Å². The van der Waals surface area contributed by atoms with E-state index in [9.17, 15) is 4.79 Å². The first-order valence-corrected chi connectivity index (χ1v) is 7.28. The molecule has 4 nitrogen and oxygen atoms in total. The number of thioether (sulfide) groups is 1. The average Bonchev–Trinajstić information content (AvgIpc) is 2.42. The van der Waals surface area contributed by atoms with Crippen LogP contribution in [0.5, 0.6) is 5.75 Å². The fourth-order valence-electron chi connectivity index (χ4n) is 1.68. The molecule has 0 aliphatic heterocycles. The van der Waals surface area contributed by atoms with Crippen molar-refractivity contribution in [1.29, 1.82) is 0 Å². The van der Waals surface area contributed by atoms with Gasteiger partial charge in [-0.25, -0.2) is 0 Å². The molecular formula is C14H21NO3S. The van der Waals surface area contributed by atoms with Gasteiger partial charge in [-0.2, -0.15) is 11.8 Å². The van der Waals surface area contributed by atoms with Crippen molar-refractivity contribution in [3.63, 3.8) is 0 Å². The predicted octanol–water partition coefficient (Wildman–Crippen LogP) is 2.13. The number of methoxy groups -OCH3 is 2. The SMILES string of the molecule is COC(=O)C(N)CCSCc1cc(C)ccc1OC. The Bertz CT molecular complexity index is 423. The van der Waals surface area contributed by atoms with Crippen molar-refractivity contribution >= 4 is 17.7 Å². The summed E-state index contributed by atoms with van der Waals surface area (Å²) >= 11 is 1.73. The quantitative estimate of drug-likeness (QED) is 0.613. The number of carbonyl (C=O) groups excluding carboxylic acids is 1. The molecule has 0 aromatic heterocycles. The largest absolute Gasteiger partial charge is 0.496 e. The van der Waals surface area contributed by atoms with Crippen LogP contribution in [-0.2, 0) is 15.3 Å². The van der Waals surface area contributed by atoms with Crippen LogP contribution in [0.3, 0.4) is 0 Å². The van der Waals surface area contributed by atoms with Gasteiger partial charge in [0.1, 0.15) is 11.8 Å². The number of hydrogen-bond donors (Lipinski definition) is 1. The minimum absolute atomic E-state index is 0.353. The van der Waals surface area contributed by atoms with E-state index in [-0.39, 0.29) is 5.97 Å². The van der Waals surface area contributed by atoms with E-state index < -0.39 is 6.04 Å². The van der Waals surface area contributed by atoms with Crippen molar-refractivity contribution in [3.8, 4) is 5.75 Å². The fourth-order valence-corrected chi connectivity index (χ4v) is 2.69. The molecule has 1 unspecified atom stereocenters. The normalized spacial score (nSPS) is 12.0. The molecule has 0 spiro atoms. The molecule has 0 aliphatic rings. The molecule has 0 saturated carbocycles. The monoisotopic (exact) mass is 283 g/mol. The Labute approximate surface area is 118 Å². The summed E-state index contributed by atoms with van der Waals surface area (Å²) in [7, 11) is 3.03. The molecule has 1 rings (SSSR count). The molecule has 1 atom stereocenters. The summed E-state index contributed by atoms with van der Waals surface area (Å²) in [4.78, 5) is 11.1. The number of esters is 1. The Morgan fingerprint density at radius 1 is 1.42 bits per heavy atom. The van der Waals surface area contributed by atoms with Crippen LogP contribution in [0.4, 0.5) is 0 Å². The minimum atomic E-state index is -0.531. The molecular weight excluding hydrogens is 262 g/mol. The minimum Gasteiger partial charge on any atom is -0.496 e. The van der Waals surface area contributed by atoms with E-state index in [1.165, 1.54) is 18.2 Å². The number of rotatable bonds is 7. The van der Waals surface area contributed by atoms with Gasteiger partial charge in [0, 0.05) is 11.3 Å². The maximum Gasteiger partial charge on any atom is 0.322 e. The molecule has 0 heterocycles. The highest BCUT2D eigenvalue weighted by molar-refractivity contribution is 7.98. The third-order valence-electron chi connectivity index (χ3n) is 2.77. The lowest BCUT2D eigenvalue weighted by Gasteiger charge is -2.11. The summed E-state index contributed by atoms with van der Waals surface area (Å²) < 4.78 is 9.91. The van der Waals surface area contributed by atoms with Gasteiger partial charge in [-0.3, -0.25) is 4.79 Å².